The molecule has 3 amide bonds. The van der Waals surface area contributed by atoms with Crippen molar-refractivity contribution in [3.63, 3.8) is 0 Å². The third-order valence-electron chi connectivity index (χ3n) is 3.85. The highest BCUT2D eigenvalue weighted by Crippen LogP contribution is 2.25. The monoisotopic (exact) mass is 317 g/mol. The minimum Gasteiger partial charge on any atom is -0.352 e. The first-order chi connectivity index (χ1) is 11.0. The maximum absolute atomic E-state index is 13.9. The van der Waals surface area contributed by atoms with Gasteiger partial charge < -0.3 is 16.4 Å². The molecule has 3 rings (SSSR count). The lowest BCUT2D eigenvalue weighted by molar-refractivity contribution is 0.0906. The van der Waals surface area contributed by atoms with Gasteiger partial charge in [0.2, 0.25) is 0 Å². The number of nitrogens with two attached hydrogens (primary N) is 1. The lowest BCUT2D eigenvalue weighted by atomic mass is 9.86. The molecule has 1 aromatic heterocycles. The number of hydrogen-bond acceptors (Lipinski definition) is 3. The Balaban J connectivity index is 1.67. The largest absolute Gasteiger partial charge is 0.352 e. The standard InChI is InChI=1S/C15H16FN5O2/c16-12-4-2-1-3-10(12)13-11(7-18-21-13)14(22)19-8-5-9(6-8)20-15(17)23/h1-4,7-9H,5-6H2,(H,18,21)(H,19,22)(H3,17,20,23). The lowest BCUT2D eigenvalue weighted by Gasteiger charge is -2.35. The molecular formula is C15H16FN5O2. The van der Waals surface area contributed by atoms with Crippen LogP contribution in [0.25, 0.3) is 11.3 Å². The summed E-state index contributed by atoms with van der Waals surface area (Å²) in [5.74, 6) is -0.764. The Bertz CT molecular complexity index is 739. The number of amides is 3. The van der Waals surface area contributed by atoms with Gasteiger partial charge in [-0.1, -0.05) is 12.1 Å². The summed E-state index contributed by atoms with van der Waals surface area (Å²) in [4.78, 5) is 23.1. The molecule has 7 nitrogen and oxygen atoms in total. The fourth-order valence-electron chi connectivity index (χ4n) is 2.65. The van der Waals surface area contributed by atoms with Gasteiger partial charge in [-0.3, -0.25) is 9.89 Å². The summed E-state index contributed by atoms with van der Waals surface area (Å²) in [7, 11) is 0. The summed E-state index contributed by atoms with van der Waals surface area (Å²) in [5.41, 5.74) is 5.95. The van der Waals surface area contributed by atoms with Crippen LogP contribution in [0, 0.1) is 5.82 Å². The maximum Gasteiger partial charge on any atom is 0.312 e. The molecule has 0 bridgehead atoms. The van der Waals surface area contributed by atoms with Crippen molar-refractivity contribution in [2.24, 2.45) is 5.73 Å². The second-order valence-corrected chi connectivity index (χ2v) is 5.49. The molecule has 0 atom stereocenters. The van der Waals surface area contributed by atoms with Crippen LogP contribution < -0.4 is 16.4 Å². The number of carbonyl (C=O) groups excluding carboxylic acids is 2. The molecule has 1 fully saturated rings. The molecule has 0 saturated heterocycles. The number of H-pyrrole nitrogens is 1. The van der Waals surface area contributed by atoms with Crippen LogP contribution in [0.5, 0.6) is 0 Å². The van der Waals surface area contributed by atoms with E-state index in [4.69, 9.17) is 5.73 Å². The molecule has 5 N–H and O–H groups in total. The summed E-state index contributed by atoms with van der Waals surface area (Å²) in [6.07, 6.45) is 2.60. The van der Waals surface area contributed by atoms with Crippen LogP contribution in [-0.2, 0) is 0 Å². The molecule has 8 heteroatoms. The Morgan fingerprint density at radius 1 is 1.22 bits per heavy atom. The van der Waals surface area contributed by atoms with Crippen LogP contribution in [0.15, 0.2) is 30.5 Å². The van der Waals surface area contributed by atoms with Gasteiger partial charge in [-0.15, -0.1) is 0 Å². The van der Waals surface area contributed by atoms with Gasteiger partial charge >= 0.3 is 6.03 Å². The highest BCUT2D eigenvalue weighted by Gasteiger charge is 2.32. The predicted octanol–water partition coefficient (Wildman–Crippen LogP) is 1.14. The van der Waals surface area contributed by atoms with Crippen LogP contribution in [0.3, 0.4) is 0 Å². The van der Waals surface area contributed by atoms with Crippen molar-refractivity contribution in [2.45, 2.75) is 24.9 Å². The summed E-state index contributed by atoms with van der Waals surface area (Å²) in [6, 6.07) is 5.52. The van der Waals surface area contributed by atoms with E-state index < -0.39 is 11.8 Å². The smallest absolute Gasteiger partial charge is 0.312 e. The number of aromatic nitrogens is 2. The number of hydrogen-bond donors (Lipinski definition) is 4. The number of aromatic amines is 1. The zero-order chi connectivity index (χ0) is 16.4. The summed E-state index contributed by atoms with van der Waals surface area (Å²) in [5, 5.41) is 11.9. The lowest BCUT2D eigenvalue weighted by Crippen LogP contribution is -2.54. The number of benzene rings is 1. The van der Waals surface area contributed by atoms with E-state index in [1.54, 1.807) is 18.2 Å². The average molecular weight is 317 g/mol. The number of primary amides is 1. The van der Waals surface area contributed by atoms with Gasteiger partial charge in [0.15, 0.2) is 0 Å². The summed E-state index contributed by atoms with van der Waals surface area (Å²) < 4.78 is 13.9. The number of halogens is 1. The second kappa shape index (κ2) is 6.07. The Hall–Kier alpha value is -2.90. The first-order valence-electron chi connectivity index (χ1n) is 7.19. The maximum atomic E-state index is 13.9. The Labute approximate surface area is 131 Å². The van der Waals surface area contributed by atoms with E-state index in [0.717, 1.165) is 0 Å². The summed E-state index contributed by atoms with van der Waals surface area (Å²) in [6.45, 7) is 0. The molecule has 1 heterocycles. The zero-order valence-corrected chi connectivity index (χ0v) is 12.2. The van der Waals surface area contributed by atoms with Crippen molar-refractivity contribution in [2.75, 3.05) is 0 Å². The van der Waals surface area contributed by atoms with Crippen molar-refractivity contribution in [1.29, 1.82) is 0 Å². The number of urea groups is 1. The van der Waals surface area contributed by atoms with Gasteiger partial charge in [0.05, 0.1) is 17.5 Å². The van der Waals surface area contributed by atoms with Crippen molar-refractivity contribution >= 4 is 11.9 Å². The van der Waals surface area contributed by atoms with Crippen molar-refractivity contribution in [3.05, 3.63) is 41.8 Å². The second-order valence-electron chi connectivity index (χ2n) is 5.49. The van der Waals surface area contributed by atoms with Gasteiger partial charge in [-0.05, 0) is 25.0 Å². The molecule has 0 spiro atoms. The van der Waals surface area contributed by atoms with E-state index in [-0.39, 0.29) is 29.1 Å². The fraction of sp³-hybridized carbons (Fsp3) is 0.267. The SMILES string of the molecule is NC(=O)NC1CC(NC(=O)c2cn[nH]c2-c2ccccc2F)C1. The molecule has 0 unspecified atom stereocenters. The third-order valence-corrected chi connectivity index (χ3v) is 3.85. The number of nitrogens with one attached hydrogen (secondary N) is 3. The molecule has 0 radical (unpaired) electrons. The van der Waals surface area contributed by atoms with Crippen molar-refractivity contribution < 1.29 is 14.0 Å². The zero-order valence-electron chi connectivity index (χ0n) is 12.2. The Morgan fingerprint density at radius 2 is 1.91 bits per heavy atom. The van der Waals surface area contributed by atoms with E-state index in [1.807, 2.05) is 0 Å². The molecule has 2 aromatic rings. The fourth-order valence-corrected chi connectivity index (χ4v) is 2.65. The first kappa shape index (κ1) is 15.0. The Morgan fingerprint density at radius 3 is 2.61 bits per heavy atom. The number of nitrogens with zero attached hydrogens (tertiary/aromatic N) is 1. The van der Waals surface area contributed by atoms with E-state index in [1.165, 1.54) is 12.3 Å². The molecular weight excluding hydrogens is 301 g/mol. The van der Waals surface area contributed by atoms with Gasteiger partial charge in [0, 0.05) is 17.6 Å². The average Bonchev–Trinajstić information content (AvgIpc) is 2.94. The van der Waals surface area contributed by atoms with Gasteiger partial charge in [0.25, 0.3) is 5.91 Å². The normalized spacial score (nSPS) is 19.7. The van der Waals surface area contributed by atoms with Gasteiger partial charge in [-0.2, -0.15) is 5.10 Å². The van der Waals surface area contributed by atoms with E-state index in [0.29, 0.717) is 18.5 Å². The molecule has 1 aliphatic carbocycles. The van der Waals surface area contributed by atoms with Crippen LogP contribution >= 0.6 is 0 Å². The molecule has 120 valence electrons. The third kappa shape index (κ3) is 3.15. The first-order valence-corrected chi connectivity index (χ1v) is 7.19. The van der Waals surface area contributed by atoms with Gasteiger partial charge in [0.1, 0.15) is 5.82 Å². The van der Waals surface area contributed by atoms with E-state index in [2.05, 4.69) is 20.8 Å². The van der Waals surface area contributed by atoms with Crippen LogP contribution in [0.4, 0.5) is 9.18 Å². The number of carbonyl (C=O) groups is 2. The minimum atomic E-state index is -0.573. The number of rotatable bonds is 4. The molecule has 1 aromatic carbocycles. The predicted molar refractivity (Wildman–Crippen MR) is 81.0 cm³/mol. The molecule has 0 aliphatic heterocycles. The molecule has 1 saturated carbocycles. The Kier molecular flexibility index (Phi) is 3.96. The van der Waals surface area contributed by atoms with Crippen LogP contribution in [0.1, 0.15) is 23.2 Å². The van der Waals surface area contributed by atoms with Crippen LogP contribution in [-0.4, -0.2) is 34.2 Å². The minimum absolute atomic E-state index is 0.0202. The van der Waals surface area contributed by atoms with E-state index in [9.17, 15) is 14.0 Å². The molecule has 23 heavy (non-hydrogen) atoms. The highest BCUT2D eigenvalue weighted by molar-refractivity contribution is 6.00. The highest BCUT2D eigenvalue weighted by atomic mass is 19.1. The van der Waals surface area contributed by atoms with Gasteiger partial charge in [-0.25, -0.2) is 9.18 Å². The van der Waals surface area contributed by atoms with E-state index >= 15 is 0 Å². The quantitative estimate of drug-likeness (QED) is 0.678. The van der Waals surface area contributed by atoms with Crippen molar-refractivity contribution in [3.8, 4) is 11.3 Å². The van der Waals surface area contributed by atoms with Crippen LogP contribution in [0.2, 0.25) is 0 Å². The molecule has 1 aliphatic rings. The van der Waals surface area contributed by atoms with Crippen molar-refractivity contribution in [1.82, 2.24) is 20.8 Å². The topological polar surface area (TPSA) is 113 Å². The summed E-state index contributed by atoms with van der Waals surface area (Å²) >= 11 is 0.